The Morgan fingerprint density at radius 2 is 1.77 bits per heavy atom. The molecule has 1 aromatic heterocycles. The highest BCUT2D eigenvalue weighted by Gasteiger charge is 2.31. The average molecular weight is 518 g/mol. The lowest BCUT2D eigenvalue weighted by Gasteiger charge is -2.14. The van der Waals surface area contributed by atoms with Crippen molar-refractivity contribution in [3.05, 3.63) is 59.6 Å². The van der Waals surface area contributed by atoms with Gasteiger partial charge in [-0.05, 0) is 60.9 Å². The van der Waals surface area contributed by atoms with Crippen molar-refractivity contribution in [1.29, 1.82) is 0 Å². The number of carbonyl (C=O) groups excluding carboxylic acids is 1. The third-order valence-corrected chi connectivity index (χ3v) is 7.48. The molecular weight excluding hydrogens is 490 g/mol. The van der Waals surface area contributed by atoms with E-state index >= 15 is 0 Å². The predicted molar refractivity (Wildman–Crippen MR) is 136 cm³/mol. The number of sulfone groups is 1. The van der Waals surface area contributed by atoms with Crippen LogP contribution < -0.4 is 14.8 Å². The zero-order valence-corrected chi connectivity index (χ0v) is 21.2. The molecule has 186 valence electrons. The minimum atomic E-state index is -3.14. The second-order valence-corrected chi connectivity index (χ2v) is 11.6. The van der Waals surface area contributed by atoms with Crippen LogP contribution in [0.5, 0.6) is 11.5 Å². The largest absolute Gasteiger partial charge is 0.493 e. The quantitative estimate of drug-likeness (QED) is 0.445. The number of nitrogens with zero attached hydrogens (tertiary/aromatic N) is 2. The molecule has 2 aromatic carbocycles. The van der Waals surface area contributed by atoms with Crippen LogP contribution in [0.15, 0.2) is 54.6 Å². The van der Waals surface area contributed by atoms with Gasteiger partial charge in [0.1, 0.15) is 17.3 Å². The van der Waals surface area contributed by atoms with E-state index in [1.165, 1.54) is 0 Å². The second kappa shape index (κ2) is 10.7. The molecule has 8 nitrogen and oxygen atoms in total. The molecule has 1 aliphatic rings. The van der Waals surface area contributed by atoms with Crippen LogP contribution in [0.1, 0.15) is 26.3 Å². The number of amides is 1. The number of halogens is 1. The van der Waals surface area contributed by atoms with Crippen molar-refractivity contribution in [2.75, 3.05) is 30.0 Å². The number of aromatic nitrogens is 2. The van der Waals surface area contributed by atoms with E-state index in [9.17, 15) is 13.2 Å². The van der Waals surface area contributed by atoms with Crippen LogP contribution in [0.3, 0.4) is 0 Å². The highest BCUT2D eigenvalue weighted by atomic mass is 35.5. The summed E-state index contributed by atoms with van der Waals surface area (Å²) in [5.41, 5.74) is 1.45. The Labute approximate surface area is 210 Å². The molecule has 3 aromatic rings. The van der Waals surface area contributed by atoms with Gasteiger partial charge in [-0.2, -0.15) is 5.10 Å². The van der Waals surface area contributed by atoms with E-state index in [1.54, 1.807) is 35.0 Å². The van der Waals surface area contributed by atoms with E-state index in [1.807, 2.05) is 24.3 Å². The summed E-state index contributed by atoms with van der Waals surface area (Å²) >= 11 is 5.88. The minimum absolute atomic E-state index is 0.0136. The van der Waals surface area contributed by atoms with E-state index in [-0.39, 0.29) is 30.1 Å². The van der Waals surface area contributed by atoms with Gasteiger partial charge in [-0.15, -0.1) is 0 Å². The molecule has 1 N–H and O–H groups in total. The van der Waals surface area contributed by atoms with Crippen molar-refractivity contribution in [3.63, 3.8) is 0 Å². The lowest BCUT2D eigenvalue weighted by Crippen LogP contribution is -2.23. The molecule has 1 fully saturated rings. The van der Waals surface area contributed by atoms with Crippen LogP contribution in [0.25, 0.3) is 11.3 Å². The number of nitrogens with one attached hydrogen (secondary N) is 1. The van der Waals surface area contributed by atoms with Gasteiger partial charge in [0.05, 0.1) is 29.8 Å². The lowest BCUT2D eigenvalue weighted by molar-refractivity contribution is -0.118. The number of carbonyl (C=O) groups is 1. The molecule has 0 radical (unpaired) electrons. The Morgan fingerprint density at radius 3 is 2.40 bits per heavy atom. The molecule has 0 unspecified atom stereocenters. The number of hydrogen-bond acceptors (Lipinski definition) is 6. The normalized spacial score (nSPS) is 16.9. The maximum absolute atomic E-state index is 12.6. The molecule has 1 atom stereocenters. The van der Waals surface area contributed by atoms with E-state index < -0.39 is 9.84 Å². The standard InChI is InChI=1S/C25H28ClN3O5S/c1-17(2)14-33-21-7-3-18(4-8-21)23-13-24(29(28-23)20-11-12-35(31,32)16-20)27-25(30)15-34-22-9-5-19(26)6-10-22/h3-10,13,17,20H,11-12,14-16H2,1-2H3,(H,27,30)/t20-/m0/s1. The van der Waals surface area contributed by atoms with Crippen LogP contribution in [0.2, 0.25) is 5.02 Å². The number of rotatable bonds is 9. The molecule has 1 amide bonds. The summed E-state index contributed by atoms with van der Waals surface area (Å²) in [7, 11) is -3.14. The molecule has 10 heteroatoms. The third kappa shape index (κ3) is 6.76. The Kier molecular flexibility index (Phi) is 7.66. The molecular formula is C25H28ClN3O5S. The Hall–Kier alpha value is -3.04. The van der Waals surface area contributed by atoms with Crippen molar-refractivity contribution >= 4 is 33.2 Å². The monoisotopic (exact) mass is 517 g/mol. The van der Waals surface area contributed by atoms with Gasteiger partial charge in [0.15, 0.2) is 16.4 Å². The molecule has 0 bridgehead atoms. The van der Waals surface area contributed by atoms with Crippen LogP contribution in [0, 0.1) is 5.92 Å². The molecule has 35 heavy (non-hydrogen) atoms. The van der Waals surface area contributed by atoms with E-state index in [2.05, 4.69) is 24.3 Å². The smallest absolute Gasteiger partial charge is 0.263 e. The van der Waals surface area contributed by atoms with Crippen LogP contribution in [-0.2, 0) is 14.6 Å². The van der Waals surface area contributed by atoms with Gasteiger partial charge in [-0.1, -0.05) is 25.4 Å². The van der Waals surface area contributed by atoms with E-state index in [0.717, 1.165) is 11.3 Å². The summed E-state index contributed by atoms with van der Waals surface area (Å²) in [6.45, 7) is 4.58. The molecule has 1 saturated heterocycles. The molecule has 0 saturated carbocycles. The fourth-order valence-corrected chi connectivity index (χ4v) is 5.54. The fourth-order valence-electron chi connectivity index (χ4n) is 3.72. The summed E-state index contributed by atoms with van der Waals surface area (Å²) in [5.74, 6) is 1.82. The van der Waals surface area contributed by atoms with Crippen LogP contribution >= 0.6 is 11.6 Å². The summed E-state index contributed by atoms with van der Waals surface area (Å²) in [4.78, 5) is 12.6. The second-order valence-electron chi connectivity index (χ2n) is 8.94. The van der Waals surface area contributed by atoms with E-state index in [4.69, 9.17) is 21.1 Å². The van der Waals surface area contributed by atoms with Gasteiger partial charge in [0.2, 0.25) is 0 Å². The number of hydrogen-bond donors (Lipinski definition) is 1. The van der Waals surface area contributed by atoms with Gasteiger partial charge in [-0.3, -0.25) is 4.79 Å². The Bertz CT molecular complexity index is 1270. The zero-order chi connectivity index (χ0) is 25.0. The Morgan fingerprint density at radius 1 is 1.11 bits per heavy atom. The molecule has 0 aliphatic carbocycles. The zero-order valence-electron chi connectivity index (χ0n) is 19.6. The number of anilines is 1. The molecule has 1 aliphatic heterocycles. The van der Waals surface area contributed by atoms with Gasteiger partial charge in [-0.25, -0.2) is 13.1 Å². The van der Waals surface area contributed by atoms with E-state index in [0.29, 0.717) is 41.2 Å². The summed E-state index contributed by atoms with van der Waals surface area (Å²) < 4.78 is 37.0. The first kappa shape index (κ1) is 25.1. The SMILES string of the molecule is CC(C)COc1ccc(-c2cc(NC(=O)COc3ccc(Cl)cc3)n([C@H]3CCS(=O)(=O)C3)n2)cc1. The lowest BCUT2D eigenvalue weighted by atomic mass is 10.1. The van der Waals surface area contributed by atoms with Gasteiger partial charge >= 0.3 is 0 Å². The van der Waals surface area contributed by atoms with Crippen molar-refractivity contribution in [2.45, 2.75) is 26.3 Å². The minimum Gasteiger partial charge on any atom is -0.493 e. The van der Waals surface area contributed by atoms with Crippen molar-refractivity contribution < 1.29 is 22.7 Å². The maximum atomic E-state index is 12.6. The van der Waals surface area contributed by atoms with Crippen molar-refractivity contribution in [1.82, 2.24) is 9.78 Å². The predicted octanol–water partition coefficient (Wildman–Crippen LogP) is 4.62. The average Bonchev–Trinajstić information content (AvgIpc) is 3.40. The summed E-state index contributed by atoms with van der Waals surface area (Å²) in [6, 6.07) is 15.6. The Balaban J connectivity index is 1.52. The van der Waals surface area contributed by atoms with Gasteiger partial charge in [0, 0.05) is 16.7 Å². The number of ether oxygens (including phenoxy) is 2. The van der Waals surface area contributed by atoms with Gasteiger partial charge in [0.25, 0.3) is 5.91 Å². The molecule has 0 spiro atoms. The fraction of sp³-hybridized carbons (Fsp3) is 0.360. The topological polar surface area (TPSA) is 99.5 Å². The van der Waals surface area contributed by atoms with Gasteiger partial charge < -0.3 is 14.8 Å². The number of benzene rings is 2. The third-order valence-electron chi connectivity index (χ3n) is 5.47. The maximum Gasteiger partial charge on any atom is 0.263 e. The highest BCUT2D eigenvalue weighted by Crippen LogP contribution is 2.31. The van der Waals surface area contributed by atoms with Crippen LogP contribution in [0.4, 0.5) is 5.82 Å². The first-order chi connectivity index (χ1) is 16.7. The first-order valence-corrected chi connectivity index (χ1v) is 13.6. The summed E-state index contributed by atoms with van der Waals surface area (Å²) in [5, 5.41) is 8.05. The highest BCUT2D eigenvalue weighted by molar-refractivity contribution is 7.91. The van der Waals surface area contributed by atoms with Crippen molar-refractivity contribution in [3.8, 4) is 22.8 Å². The summed E-state index contributed by atoms with van der Waals surface area (Å²) in [6.07, 6.45) is 0.440. The first-order valence-electron chi connectivity index (χ1n) is 11.4. The van der Waals surface area contributed by atoms with Crippen molar-refractivity contribution in [2.24, 2.45) is 5.92 Å². The molecule has 2 heterocycles. The molecule has 4 rings (SSSR count). The van der Waals surface area contributed by atoms with Crippen LogP contribution in [-0.4, -0.2) is 48.8 Å².